The van der Waals surface area contributed by atoms with Crippen molar-refractivity contribution in [1.29, 1.82) is 0 Å². The molecule has 1 amide bonds. The zero-order chi connectivity index (χ0) is 24.0. The molecule has 1 unspecified atom stereocenters. The Morgan fingerprint density at radius 2 is 1.97 bits per heavy atom. The predicted octanol–water partition coefficient (Wildman–Crippen LogP) is 3.14. The molecule has 180 valence electrons. The number of hydrogen-bond donors (Lipinski definition) is 1. The maximum Gasteiger partial charge on any atom is 0.267 e. The van der Waals surface area contributed by atoms with Gasteiger partial charge < -0.3 is 5.32 Å². The van der Waals surface area contributed by atoms with Crippen LogP contribution in [0.1, 0.15) is 49.7 Å². The number of thiocarbonyl (C=S) groups is 1. The molecule has 3 aliphatic rings. The summed E-state index contributed by atoms with van der Waals surface area (Å²) in [5.74, 6) is 0.0912. The molecule has 11 heteroatoms. The molecule has 1 saturated carbocycles. The number of nitrogens with one attached hydrogen (secondary N) is 1. The van der Waals surface area contributed by atoms with Gasteiger partial charge in [0, 0.05) is 12.2 Å². The number of aromatic nitrogens is 2. The molecule has 1 N–H and O–H groups in total. The maximum atomic E-state index is 13.5. The Morgan fingerprint density at radius 1 is 1.21 bits per heavy atom. The number of pyridine rings is 1. The number of fused-ring (bicyclic) bond motifs is 1. The third-order valence-corrected chi connectivity index (χ3v) is 9.78. The van der Waals surface area contributed by atoms with E-state index in [1.807, 2.05) is 13.0 Å². The van der Waals surface area contributed by atoms with E-state index in [9.17, 15) is 18.0 Å². The highest BCUT2D eigenvalue weighted by Gasteiger charge is 2.42. The Balaban J connectivity index is 1.56. The molecule has 34 heavy (non-hydrogen) atoms. The van der Waals surface area contributed by atoms with Crippen LogP contribution in [-0.4, -0.2) is 56.5 Å². The average Bonchev–Trinajstić information content (AvgIpc) is 3.29. The molecule has 2 aromatic rings. The van der Waals surface area contributed by atoms with E-state index in [0.717, 1.165) is 43.0 Å². The quantitative estimate of drug-likeness (QED) is 0.487. The molecule has 0 aromatic carbocycles. The third-order valence-electron chi connectivity index (χ3n) is 6.70. The van der Waals surface area contributed by atoms with E-state index in [0.29, 0.717) is 32.7 Å². The van der Waals surface area contributed by atoms with Gasteiger partial charge in [0.05, 0.1) is 28.0 Å². The van der Waals surface area contributed by atoms with Crippen molar-refractivity contribution in [3.8, 4) is 0 Å². The number of carbonyl (C=O) groups is 1. The van der Waals surface area contributed by atoms with Crippen LogP contribution < -0.4 is 10.9 Å². The van der Waals surface area contributed by atoms with Crippen molar-refractivity contribution in [2.75, 3.05) is 16.8 Å². The lowest BCUT2D eigenvalue weighted by atomic mass is 9.95. The van der Waals surface area contributed by atoms with Crippen LogP contribution in [0.2, 0.25) is 0 Å². The van der Waals surface area contributed by atoms with E-state index in [2.05, 4.69) is 5.32 Å². The number of hydrogen-bond acceptors (Lipinski definition) is 8. The predicted molar refractivity (Wildman–Crippen MR) is 139 cm³/mol. The van der Waals surface area contributed by atoms with Crippen molar-refractivity contribution in [3.05, 3.63) is 44.7 Å². The van der Waals surface area contributed by atoms with Crippen molar-refractivity contribution < 1.29 is 13.2 Å². The first kappa shape index (κ1) is 23.5. The summed E-state index contributed by atoms with van der Waals surface area (Å²) in [6.07, 6.45) is 9.08. The van der Waals surface area contributed by atoms with Gasteiger partial charge in [-0.25, -0.2) is 13.4 Å². The van der Waals surface area contributed by atoms with Crippen LogP contribution in [0.5, 0.6) is 0 Å². The minimum atomic E-state index is -3.17. The van der Waals surface area contributed by atoms with Gasteiger partial charge in [0.15, 0.2) is 9.84 Å². The Bertz CT molecular complexity index is 1380. The van der Waals surface area contributed by atoms with E-state index >= 15 is 0 Å². The highest BCUT2D eigenvalue weighted by Crippen LogP contribution is 2.37. The molecule has 4 heterocycles. The zero-order valence-corrected chi connectivity index (χ0v) is 21.3. The van der Waals surface area contributed by atoms with Crippen LogP contribution in [-0.2, 0) is 14.6 Å². The lowest BCUT2D eigenvalue weighted by Crippen LogP contribution is -2.39. The van der Waals surface area contributed by atoms with Gasteiger partial charge in [0.1, 0.15) is 15.8 Å². The fourth-order valence-electron chi connectivity index (χ4n) is 4.90. The zero-order valence-electron chi connectivity index (χ0n) is 18.8. The highest BCUT2D eigenvalue weighted by atomic mass is 32.2. The molecule has 5 rings (SSSR count). The van der Waals surface area contributed by atoms with E-state index < -0.39 is 15.9 Å². The van der Waals surface area contributed by atoms with Gasteiger partial charge in [-0.15, -0.1) is 0 Å². The molecule has 2 saturated heterocycles. The molecule has 0 radical (unpaired) electrons. The van der Waals surface area contributed by atoms with E-state index in [4.69, 9.17) is 17.2 Å². The monoisotopic (exact) mass is 518 g/mol. The minimum Gasteiger partial charge on any atom is -0.367 e. The smallest absolute Gasteiger partial charge is 0.267 e. The number of amides is 1. The molecule has 8 nitrogen and oxygen atoms in total. The summed E-state index contributed by atoms with van der Waals surface area (Å²) in [6, 6.07) is 3.47. The second kappa shape index (κ2) is 9.09. The first-order valence-electron chi connectivity index (χ1n) is 11.5. The third kappa shape index (κ3) is 4.40. The Hall–Kier alpha value is -2.24. The van der Waals surface area contributed by atoms with Gasteiger partial charge in [-0.05, 0) is 43.9 Å². The van der Waals surface area contributed by atoms with Crippen molar-refractivity contribution >= 4 is 61.6 Å². The number of thioether (sulfide) groups is 1. The number of sulfone groups is 1. The molecular formula is C23H26N4O4S3. The molecular weight excluding hydrogens is 492 g/mol. The average molecular weight is 519 g/mol. The summed E-state index contributed by atoms with van der Waals surface area (Å²) in [7, 11) is -3.17. The largest absolute Gasteiger partial charge is 0.367 e. The molecule has 0 bridgehead atoms. The van der Waals surface area contributed by atoms with Crippen molar-refractivity contribution in [2.45, 2.75) is 57.5 Å². The van der Waals surface area contributed by atoms with Crippen LogP contribution in [0, 0.1) is 6.92 Å². The number of rotatable bonds is 4. The summed E-state index contributed by atoms with van der Waals surface area (Å²) in [5.41, 5.74) is 1.51. The maximum absolute atomic E-state index is 13.5. The van der Waals surface area contributed by atoms with Gasteiger partial charge in [-0.3, -0.25) is 18.9 Å². The summed E-state index contributed by atoms with van der Waals surface area (Å²) >= 11 is 6.54. The van der Waals surface area contributed by atoms with Gasteiger partial charge in [-0.2, -0.15) is 0 Å². The van der Waals surface area contributed by atoms with Crippen molar-refractivity contribution in [3.63, 3.8) is 0 Å². The van der Waals surface area contributed by atoms with E-state index in [1.54, 1.807) is 18.3 Å². The lowest BCUT2D eigenvalue weighted by Gasteiger charge is -2.24. The first-order chi connectivity index (χ1) is 16.2. The normalized spacial score (nSPS) is 24.4. The fourth-order valence-corrected chi connectivity index (χ4v) is 7.98. The number of carbonyl (C=O) groups excluding carboxylic acids is 1. The number of nitrogens with zero attached hydrogens (tertiary/aromatic N) is 3. The van der Waals surface area contributed by atoms with Gasteiger partial charge in [0.25, 0.3) is 11.5 Å². The Morgan fingerprint density at radius 3 is 2.68 bits per heavy atom. The second-order valence-electron chi connectivity index (χ2n) is 9.15. The molecule has 3 fully saturated rings. The fraction of sp³-hybridized carbons (Fsp3) is 0.478. The molecule has 2 aliphatic heterocycles. The van der Waals surface area contributed by atoms with Gasteiger partial charge >= 0.3 is 0 Å². The van der Waals surface area contributed by atoms with Crippen LogP contribution in [0.15, 0.2) is 28.0 Å². The van der Waals surface area contributed by atoms with Crippen LogP contribution in [0.25, 0.3) is 11.7 Å². The SMILES string of the molecule is Cc1cccn2c(=O)c(C=C3SC(=S)N(C4CCS(=O)(=O)C4)C3=O)c(NC3CCCCC3)nc12. The van der Waals surface area contributed by atoms with Crippen LogP contribution >= 0.6 is 24.0 Å². The lowest BCUT2D eigenvalue weighted by molar-refractivity contribution is -0.123. The number of aryl methyl sites for hydroxylation is 1. The first-order valence-corrected chi connectivity index (χ1v) is 14.5. The number of anilines is 1. The Kier molecular flexibility index (Phi) is 6.28. The molecule has 0 spiro atoms. The van der Waals surface area contributed by atoms with Crippen LogP contribution in [0.3, 0.4) is 0 Å². The summed E-state index contributed by atoms with van der Waals surface area (Å²) in [6.45, 7) is 1.91. The Labute approximate surface area is 207 Å². The standard InChI is InChI=1S/C23H26N4O4S3/c1-14-6-5-10-26-20(14)25-19(24-15-7-3-2-4-8-15)17(21(26)28)12-18-22(29)27(23(32)33-18)16-9-11-34(30,31)13-16/h5-6,10,12,15-16,24H,2-4,7-9,11,13H2,1H3. The second-order valence-corrected chi connectivity index (χ2v) is 13.1. The molecule has 1 atom stereocenters. The van der Waals surface area contributed by atoms with Crippen molar-refractivity contribution in [1.82, 2.24) is 14.3 Å². The summed E-state index contributed by atoms with van der Waals surface area (Å²) in [5, 5.41) is 3.47. The molecule has 2 aromatic heterocycles. The summed E-state index contributed by atoms with van der Waals surface area (Å²) in [4.78, 5) is 33.3. The summed E-state index contributed by atoms with van der Waals surface area (Å²) < 4.78 is 25.7. The van der Waals surface area contributed by atoms with Gasteiger partial charge in [-0.1, -0.05) is 49.3 Å². The minimum absolute atomic E-state index is 0.0541. The highest BCUT2D eigenvalue weighted by molar-refractivity contribution is 8.26. The van der Waals surface area contributed by atoms with E-state index in [-0.39, 0.29) is 29.0 Å². The van der Waals surface area contributed by atoms with Crippen molar-refractivity contribution in [2.24, 2.45) is 0 Å². The van der Waals surface area contributed by atoms with E-state index in [1.165, 1.54) is 15.7 Å². The van der Waals surface area contributed by atoms with Gasteiger partial charge in [0.2, 0.25) is 0 Å². The molecule has 1 aliphatic carbocycles. The topological polar surface area (TPSA) is 101 Å². The van der Waals surface area contributed by atoms with Crippen LogP contribution in [0.4, 0.5) is 5.82 Å².